The molecule has 0 saturated carbocycles. The maximum atomic E-state index is 13.0. The first-order valence-corrected chi connectivity index (χ1v) is 6.78. The first-order valence-electron chi connectivity index (χ1n) is 5.61. The van der Waals surface area contributed by atoms with Crippen LogP contribution < -0.4 is 10.1 Å². The number of halogens is 3. The van der Waals surface area contributed by atoms with Gasteiger partial charge >= 0.3 is 0 Å². The maximum Gasteiger partial charge on any atom is 0.256 e. The molecule has 2 aromatic rings. The van der Waals surface area contributed by atoms with Gasteiger partial charge in [0.1, 0.15) is 11.6 Å². The third kappa shape index (κ3) is 3.29. The van der Waals surface area contributed by atoms with Crippen LogP contribution in [0.3, 0.4) is 0 Å². The molecule has 2 rings (SSSR count). The summed E-state index contributed by atoms with van der Waals surface area (Å²) in [5.74, 6) is -0.314. The monoisotopic (exact) mass is 357 g/mol. The SMILES string of the molecule is COc1cc(NC(=O)c2ccc(F)cc2Br)ccc1Cl. The molecule has 0 aliphatic carbocycles. The van der Waals surface area contributed by atoms with E-state index in [0.717, 1.165) is 0 Å². The van der Waals surface area contributed by atoms with Gasteiger partial charge in [0.25, 0.3) is 5.91 Å². The molecule has 0 aromatic heterocycles. The van der Waals surface area contributed by atoms with E-state index in [4.69, 9.17) is 16.3 Å². The molecule has 104 valence electrons. The van der Waals surface area contributed by atoms with Crippen LogP contribution in [-0.4, -0.2) is 13.0 Å². The number of benzene rings is 2. The van der Waals surface area contributed by atoms with Gasteiger partial charge in [0.2, 0.25) is 0 Å². The topological polar surface area (TPSA) is 38.3 Å². The Kier molecular flexibility index (Phi) is 4.62. The fourth-order valence-electron chi connectivity index (χ4n) is 1.61. The zero-order valence-electron chi connectivity index (χ0n) is 10.4. The summed E-state index contributed by atoms with van der Waals surface area (Å²) in [5, 5.41) is 3.14. The van der Waals surface area contributed by atoms with Crippen molar-refractivity contribution in [2.75, 3.05) is 12.4 Å². The number of anilines is 1. The predicted octanol–water partition coefficient (Wildman–Crippen LogP) is 4.50. The standard InChI is InChI=1S/C14H10BrClFNO2/c1-20-13-7-9(3-5-12(13)16)18-14(19)10-4-2-8(17)6-11(10)15/h2-7H,1H3,(H,18,19). The van der Waals surface area contributed by atoms with Crippen LogP contribution in [0.2, 0.25) is 5.02 Å². The van der Waals surface area contributed by atoms with E-state index in [1.54, 1.807) is 18.2 Å². The largest absolute Gasteiger partial charge is 0.495 e. The first-order chi connectivity index (χ1) is 9.51. The summed E-state index contributed by atoms with van der Waals surface area (Å²) >= 11 is 9.06. The Morgan fingerprint density at radius 2 is 2.05 bits per heavy atom. The summed E-state index contributed by atoms with van der Waals surface area (Å²) in [6.07, 6.45) is 0. The third-order valence-electron chi connectivity index (χ3n) is 2.58. The predicted molar refractivity (Wildman–Crippen MR) is 80.1 cm³/mol. The molecule has 0 radical (unpaired) electrons. The van der Waals surface area contributed by atoms with E-state index in [9.17, 15) is 9.18 Å². The van der Waals surface area contributed by atoms with Gasteiger partial charge in [0.15, 0.2) is 0 Å². The molecule has 0 aliphatic heterocycles. The number of rotatable bonds is 3. The molecule has 0 bridgehead atoms. The number of hydrogen-bond acceptors (Lipinski definition) is 2. The van der Waals surface area contributed by atoms with Crippen molar-refractivity contribution in [2.24, 2.45) is 0 Å². The quantitative estimate of drug-likeness (QED) is 0.877. The van der Waals surface area contributed by atoms with E-state index in [2.05, 4.69) is 21.2 Å². The average Bonchev–Trinajstić information content (AvgIpc) is 2.40. The van der Waals surface area contributed by atoms with Gasteiger partial charge in [-0.05, 0) is 46.3 Å². The molecule has 0 atom stereocenters. The molecule has 20 heavy (non-hydrogen) atoms. The van der Waals surface area contributed by atoms with E-state index in [-0.39, 0.29) is 5.91 Å². The highest BCUT2D eigenvalue weighted by molar-refractivity contribution is 9.10. The Balaban J connectivity index is 2.23. The highest BCUT2D eigenvalue weighted by Crippen LogP contribution is 2.28. The van der Waals surface area contributed by atoms with E-state index < -0.39 is 5.82 Å². The summed E-state index contributed by atoms with van der Waals surface area (Å²) in [7, 11) is 1.49. The van der Waals surface area contributed by atoms with Crippen LogP contribution in [0.25, 0.3) is 0 Å². The van der Waals surface area contributed by atoms with Crippen LogP contribution in [0.5, 0.6) is 5.75 Å². The molecule has 1 N–H and O–H groups in total. The number of carbonyl (C=O) groups excluding carboxylic acids is 1. The number of amides is 1. The van der Waals surface area contributed by atoms with Crippen molar-refractivity contribution in [1.29, 1.82) is 0 Å². The van der Waals surface area contributed by atoms with Gasteiger partial charge in [0, 0.05) is 16.2 Å². The fraction of sp³-hybridized carbons (Fsp3) is 0.0714. The van der Waals surface area contributed by atoms with Gasteiger partial charge in [-0.3, -0.25) is 4.79 Å². The van der Waals surface area contributed by atoms with Crippen LogP contribution in [0.15, 0.2) is 40.9 Å². The molecular weight excluding hydrogens is 349 g/mol. The molecular formula is C14H10BrClFNO2. The summed E-state index contributed by atoms with van der Waals surface area (Å²) < 4.78 is 18.4. The number of methoxy groups -OCH3 is 1. The molecule has 0 unspecified atom stereocenters. The minimum atomic E-state index is -0.415. The molecule has 1 amide bonds. The number of carbonyl (C=O) groups is 1. The lowest BCUT2D eigenvalue weighted by atomic mass is 10.2. The number of nitrogens with one attached hydrogen (secondary N) is 1. The highest BCUT2D eigenvalue weighted by Gasteiger charge is 2.12. The molecule has 6 heteroatoms. The fourth-order valence-corrected chi connectivity index (χ4v) is 2.34. The zero-order chi connectivity index (χ0) is 14.7. The first kappa shape index (κ1) is 14.8. The Morgan fingerprint density at radius 1 is 1.30 bits per heavy atom. The van der Waals surface area contributed by atoms with Crippen molar-refractivity contribution in [3.8, 4) is 5.75 Å². The molecule has 0 aliphatic rings. The van der Waals surface area contributed by atoms with Crippen molar-refractivity contribution in [3.05, 3.63) is 57.3 Å². The van der Waals surface area contributed by atoms with Crippen molar-refractivity contribution < 1.29 is 13.9 Å². The van der Waals surface area contributed by atoms with Gasteiger partial charge in [-0.2, -0.15) is 0 Å². The van der Waals surface area contributed by atoms with Crippen molar-refractivity contribution in [3.63, 3.8) is 0 Å². The Morgan fingerprint density at radius 3 is 2.70 bits per heavy atom. The molecule has 2 aromatic carbocycles. The normalized spacial score (nSPS) is 10.2. The summed E-state index contributed by atoms with van der Waals surface area (Å²) in [6, 6.07) is 8.74. The summed E-state index contributed by atoms with van der Waals surface area (Å²) in [5.41, 5.74) is 0.868. The highest BCUT2D eigenvalue weighted by atomic mass is 79.9. The lowest BCUT2D eigenvalue weighted by molar-refractivity contribution is 0.102. The summed E-state index contributed by atoms with van der Waals surface area (Å²) in [6.45, 7) is 0. The maximum absolute atomic E-state index is 13.0. The van der Waals surface area contributed by atoms with Crippen LogP contribution >= 0.6 is 27.5 Å². The van der Waals surface area contributed by atoms with E-state index in [1.807, 2.05) is 0 Å². The van der Waals surface area contributed by atoms with E-state index >= 15 is 0 Å². The van der Waals surface area contributed by atoms with Gasteiger partial charge in [-0.15, -0.1) is 0 Å². The lowest BCUT2D eigenvalue weighted by Crippen LogP contribution is -2.12. The minimum absolute atomic E-state index is 0.334. The minimum Gasteiger partial charge on any atom is -0.495 e. The van der Waals surface area contributed by atoms with Crippen molar-refractivity contribution in [2.45, 2.75) is 0 Å². The van der Waals surface area contributed by atoms with Crippen LogP contribution in [-0.2, 0) is 0 Å². The Hall–Kier alpha value is -1.59. The van der Waals surface area contributed by atoms with Crippen LogP contribution in [0, 0.1) is 5.82 Å². The molecule has 0 saturated heterocycles. The molecule has 0 fully saturated rings. The smallest absolute Gasteiger partial charge is 0.256 e. The van der Waals surface area contributed by atoms with Gasteiger partial charge < -0.3 is 10.1 Å². The Labute approximate surface area is 128 Å². The molecule has 3 nitrogen and oxygen atoms in total. The van der Waals surface area contributed by atoms with Gasteiger partial charge in [0.05, 0.1) is 17.7 Å². The number of ether oxygens (including phenoxy) is 1. The van der Waals surface area contributed by atoms with Crippen LogP contribution in [0.1, 0.15) is 10.4 Å². The third-order valence-corrected chi connectivity index (χ3v) is 3.55. The molecule has 0 heterocycles. The molecule has 0 spiro atoms. The number of hydrogen-bond donors (Lipinski definition) is 1. The zero-order valence-corrected chi connectivity index (χ0v) is 12.8. The van der Waals surface area contributed by atoms with Gasteiger partial charge in [-0.1, -0.05) is 11.6 Å². The summed E-state index contributed by atoms with van der Waals surface area (Å²) in [4.78, 5) is 12.1. The Bertz CT molecular complexity index is 664. The van der Waals surface area contributed by atoms with E-state index in [0.29, 0.717) is 26.5 Å². The second kappa shape index (κ2) is 6.24. The van der Waals surface area contributed by atoms with Crippen molar-refractivity contribution in [1.82, 2.24) is 0 Å². The average molecular weight is 359 g/mol. The second-order valence-corrected chi connectivity index (χ2v) is 5.19. The lowest BCUT2D eigenvalue weighted by Gasteiger charge is -2.09. The second-order valence-electron chi connectivity index (χ2n) is 3.93. The van der Waals surface area contributed by atoms with Crippen LogP contribution in [0.4, 0.5) is 10.1 Å². The van der Waals surface area contributed by atoms with E-state index in [1.165, 1.54) is 25.3 Å². The van der Waals surface area contributed by atoms with Gasteiger partial charge in [-0.25, -0.2) is 4.39 Å². The van der Waals surface area contributed by atoms with Crippen molar-refractivity contribution >= 4 is 39.1 Å².